The minimum Gasteiger partial charge on any atom is -0.465 e. The molecular formula is C15H13NO4. The molecule has 0 aliphatic heterocycles. The molecule has 0 aliphatic carbocycles. The van der Waals surface area contributed by atoms with E-state index < -0.39 is 10.9 Å². The summed E-state index contributed by atoms with van der Waals surface area (Å²) in [6.45, 7) is 1.84. The molecule has 0 spiro atoms. The normalized spacial score (nSPS) is 10.1. The number of methoxy groups -OCH3 is 1. The van der Waals surface area contributed by atoms with E-state index in [0.717, 1.165) is 5.56 Å². The second-order valence-electron chi connectivity index (χ2n) is 4.31. The Labute approximate surface area is 116 Å². The summed E-state index contributed by atoms with van der Waals surface area (Å²) in [6, 6.07) is 11.5. The zero-order valence-electron chi connectivity index (χ0n) is 11.1. The van der Waals surface area contributed by atoms with E-state index in [1.54, 1.807) is 36.4 Å². The van der Waals surface area contributed by atoms with E-state index in [1.165, 1.54) is 13.2 Å². The van der Waals surface area contributed by atoms with Crippen molar-refractivity contribution in [2.75, 3.05) is 7.11 Å². The van der Waals surface area contributed by atoms with Gasteiger partial charge in [-0.1, -0.05) is 29.8 Å². The maximum absolute atomic E-state index is 11.8. The molecule has 0 atom stereocenters. The number of nitro benzene ring substituents is 1. The summed E-state index contributed by atoms with van der Waals surface area (Å²) in [5, 5.41) is 11.1. The Morgan fingerprint density at radius 1 is 1.15 bits per heavy atom. The lowest BCUT2D eigenvalue weighted by Gasteiger charge is -2.09. The third-order valence-electron chi connectivity index (χ3n) is 2.97. The number of hydrogen-bond acceptors (Lipinski definition) is 4. The molecule has 2 aromatic rings. The quantitative estimate of drug-likeness (QED) is 0.487. The largest absolute Gasteiger partial charge is 0.465 e. The van der Waals surface area contributed by atoms with Gasteiger partial charge in [0.2, 0.25) is 0 Å². The van der Waals surface area contributed by atoms with Crippen LogP contribution in [-0.2, 0) is 4.74 Å². The van der Waals surface area contributed by atoms with Crippen molar-refractivity contribution >= 4 is 11.7 Å². The lowest BCUT2D eigenvalue weighted by molar-refractivity contribution is -0.384. The van der Waals surface area contributed by atoms with E-state index in [2.05, 4.69) is 0 Å². The topological polar surface area (TPSA) is 69.4 Å². The summed E-state index contributed by atoms with van der Waals surface area (Å²) in [4.78, 5) is 22.5. The summed E-state index contributed by atoms with van der Waals surface area (Å²) in [5.74, 6) is -0.512. The molecule has 0 aromatic heterocycles. The van der Waals surface area contributed by atoms with Gasteiger partial charge in [0.05, 0.1) is 23.2 Å². The van der Waals surface area contributed by atoms with Crippen molar-refractivity contribution in [2.24, 2.45) is 0 Å². The van der Waals surface area contributed by atoms with Crippen LogP contribution in [-0.4, -0.2) is 18.0 Å². The molecule has 0 saturated carbocycles. The van der Waals surface area contributed by atoms with Crippen LogP contribution in [0.2, 0.25) is 0 Å². The lowest BCUT2D eigenvalue weighted by atomic mass is 9.96. The highest BCUT2D eigenvalue weighted by Crippen LogP contribution is 2.32. The van der Waals surface area contributed by atoms with Crippen molar-refractivity contribution in [1.82, 2.24) is 0 Å². The Balaban J connectivity index is 2.70. The van der Waals surface area contributed by atoms with Crippen LogP contribution < -0.4 is 0 Å². The van der Waals surface area contributed by atoms with Crippen LogP contribution >= 0.6 is 0 Å². The highest BCUT2D eigenvalue weighted by Gasteiger charge is 2.20. The van der Waals surface area contributed by atoms with Gasteiger partial charge in [-0.15, -0.1) is 0 Å². The van der Waals surface area contributed by atoms with Crippen molar-refractivity contribution in [3.63, 3.8) is 0 Å². The number of benzene rings is 2. The monoisotopic (exact) mass is 271 g/mol. The van der Waals surface area contributed by atoms with E-state index in [-0.39, 0.29) is 5.69 Å². The summed E-state index contributed by atoms with van der Waals surface area (Å²) in [7, 11) is 1.29. The van der Waals surface area contributed by atoms with Crippen molar-refractivity contribution in [3.8, 4) is 11.1 Å². The number of hydrogen-bond donors (Lipinski definition) is 0. The molecule has 2 rings (SSSR count). The number of nitro groups is 1. The van der Waals surface area contributed by atoms with Crippen LogP contribution in [0.1, 0.15) is 15.9 Å². The van der Waals surface area contributed by atoms with Gasteiger partial charge in [0.25, 0.3) is 5.69 Å². The molecule has 0 unspecified atom stereocenters. The number of rotatable bonds is 3. The Bertz CT molecular complexity index is 679. The summed E-state index contributed by atoms with van der Waals surface area (Å²) in [6.07, 6.45) is 0. The molecule has 0 aliphatic rings. The smallest absolute Gasteiger partial charge is 0.338 e. The second kappa shape index (κ2) is 5.52. The molecular weight excluding hydrogens is 258 g/mol. The fraction of sp³-hybridized carbons (Fsp3) is 0.133. The Hall–Kier alpha value is -2.69. The van der Waals surface area contributed by atoms with Gasteiger partial charge in [-0.3, -0.25) is 10.1 Å². The van der Waals surface area contributed by atoms with E-state index >= 15 is 0 Å². The van der Waals surface area contributed by atoms with Crippen molar-refractivity contribution in [3.05, 3.63) is 63.7 Å². The number of nitrogens with zero attached hydrogens (tertiary/aromatic N) is 1. The number of carbonyl (C=O) groups is 1. The van der Waals surface area contributed by atoms with Gasteiger partial charge in [0.15, 0.2) is 0 Å². The highest BCUT2D eigenvalue weighted by atomic mass is 16.6. The third-order valence-corrected chi connectivity index (χ3v) is 2.97. The first-order chi connectivity index (χ1) is 9.54. The van der Waals surface area contributed by atoms with Crippen molar-refractivity contribution in [2.45, 2.75) is 6.92 Å². The number of aryl methyl sites for hydroxylation is 1. The first kappa shape index (κ1) is 13.7. The molecule has 0 heterocycles. The molecule has 0 amide bonds. The van der Waals surface area contributed by atoms with Gasteiger partial charge in [0.1, 0.15) is 0 Å². The zero-order chi connectivity index (χ0) is 14.7. The average Bonchev–Trinajstić information content (AvgIpc) is 2.46. The molecule has 5 heteroatoms. The summed E-state index contributed by atoms with van der Waals surface area (Å²) >= 11 is 0. The van der Waals surface area contributed by atoms with Crippen LogP contribution in [0.3, 0.4) is 0 Å². The standard InChI is InChI=1S/C15H13NO4/c1-10-7-8-11(13(9-10)15(17)20-2)12-5-3-4-6-14(12)16(18)19/h3-9H,1-2H3. The van der Waals surface area contributed by atoms with E-state index in [0.29, 0.717) is 16.7 Å². The number of esters is 1. The minimum atomic E-state index is -0.512. The third kappa shape index (κ3) is 2.51. The van der Waals surface area contributed by atoms with E-state index in [4.69, 9.17) is 4.74 Å². The maximum Gasteiger partial charge on any atom is 0.338 e. The summed E-state index contributed by atoms with van der Waals surface area (Å²) in [5.41, 5.74) is 2.06. The van der Waals surface area contributed by atoms with Crippen LogP contribution in [0.5, 0.6) is 0 Å². The van der Waals surface area contributed by atoms with Gasteiger partial charge in [-0.05, 0) is 19.1 Å². The Morgan fingerprint density at radius 2 is 1.85 bits per heavy atom. The molecule has 5 nitrogen and oxygen atoms in total. The molecule has 2 aromatic carbocycles. The van der Waals surface area contributed by atoms with Crippen LogP contribution in [0.25, 0.3) is 11.1 Å². The number of para-hydroxylation sites is 1. The fourth-order valence-electron chi connectivity index (χ4n) is 2.03. The van der Waals surface area contributed by atoms with Crippen LogP contribution in [0.4, 0.5) is 5.69 Å². The van der Waals surface area contributed by atoms with E-state index in [9.17, 15) is 14.9 Å². The highest BCUT2D eigenvalue weighted by molar-refractivity contribution is 5.98. The molecule has 0 saturated heterocycles. The molecule has 20 heavy (non-hydrogen) atoms. The lowest BCUT2D eigenvalue weighted by Crippen LogP contribution is -2.05. The van der Waals surface area contributed by atoms with Gasteiger partial charge in [-0.2, -0.15) is 0 Å². The van der Waals surface area contributed by atoms with E-state index in [1.807, 2.05) is 6.92 Å². The molecule has 0 fully saturated rings. The summed E-state index contributed by atoms with van der Waals surface area (Å²) < 4.78 is 4.74. The molecule has 0 bridgehead atoms. The maximum atomic E-state index is 11.8. The number of carbonyl (C=O) groups excluding carboxylic acids is 1. The van der Waals surface area contributed by atoms with Crippen LogP contribution in [0.15, 0.2) is 42.5 Å². The number of ether oxygens (including phenoxy) is 1. The van der Waals surface area contributed by atoms with Gasteiger partial charge in [-0.25, -0.2) is 4.79 Å². The second-order valence-corrected chi connectivity index (χ2v) is 4.31. The average molecular weight is 271 g/mol. The van der Waals surface area contributed by atoms with Crippen molar-refractivity contribution < 1.29 is 14.5 Å². The zero-order valence-corrected chi connectivity index (χ0v) is 11.1. The SMILES string of the molecule is COC(=O)c1cc(C)ccc1-c1ccccc1[N+](=O)[O-]. The van der Waals surface area contributed by atoms with Gasteiger partial charge >= 0.3 is 5.97 Å². The van der Waals surface area contributed by atoms with Gasteiger partial charge in [0, 0.05) is 11.6 Å². The minimum absolute atomic E-state index is 0.0403. The Kier molecular flexibility index (Phi) is 3.79. The van der Waals surface area contributed by atoms with Crippen LogP contribution in [0, 0.1) is 17.0 Å². The molecule has 102 valence electrons. The van der Waals surface area contributed by atoms with Gasteiger partial charge < -0.3 is 4.74 Å². The fourth-order valence-corrected chi connectivity index (χ4v) is 2.03. The predicted molar refractivity (Wildman–Crippen MR) is 74.6 cm³/mol. The van der Waals surface area contributed by atoms with Crippen molar-refractivity contribution in [1.29, 1.82) is 0 Å². The first-order valence-corrected chi connectivity index (χ1v) is 5.97. The first-order valence-electron chi connectivity index (χ1n) is 5.97. The molecule has 0 N–H and O–H groups in total. The Morgan fingerprint density at radius 3 is 2.50 bits per heavy atom. The molecule has 0 radical (unpaired) electrons. The predicted octanol–water partition coefficient (Wildman–Crippen LogP) is 3.36.